The number of aliphatic carboxylic acids is 2. The van der Waals surface area contributed by atoms with Crippen molar-refractivity contribution in [3.63, 3.8) is 0 Å². The minimum atomic E-state index is -1.82. The van der Waals surface area contributed by atoms with Crippen LogP contribution in [0.4, 0.5) is 0 Å². The topological polar surface area (TPSA) is 110 Å². The number of rotatable bonds is 5. The van der Waals surface area contributed by atoms with Crippen LogP contribution < -0.4 is 5.32 Å². The van der Waals surface area contributed by atoms with Crippen molar-refractivity contribution >= 4 is 11.9 Å². The lowest BCUT2D eigenvalue weighted by atomic mass is 10.2. The Hall–Kier alpha value is -2.12. The molecule has 0 spiro atoms. The summed E-state index contributed by atoms with van der Waals surface area (Å²) in [7, 11) is 4.09. The predicted molar refractivity (Wildman–Crippen MR) is 73.6 cm³/mol. The van der Waals surface area contributed by atoms with E-state index in [-0.39, 0.29) is 0 Å². The van der Waals surface area contributed by atoms with Crippen LogP contribution in [0.25, 0.3) is 0 Å². The van der Waals surface area contributed by atoms with Gasteiger partial charge in [-0.3, -0.25) is 0 Å². The molecule has 0 aromatic heterocycles. The molecule has 4 N–H and O–H groups in total. The number of phenols is 1. The highest BCUT2D eigenvalue weighted by molar-refractivity contribution is 6.27. The summed E-state index contributed by atoms with van der Waals surface area (Å²) in [5, 5.41) is 27.5. The molecule has 0 aliphatic carbocycles. The van der Waals surface area contributed by atoms with Gasteiger partial charge in [0.25, 0.3) is 0 Å². The largest absolute Gasteiger partial charge is 0.508 e. The van der Waals surface area contributed by atoms with E-state index in [0.717, 1.165) is 25.2 Å². The zero-order chi connectivity index (χ0) is 15.5. The number of para-hydroxylation sites is 1. The standard InChI is InChI=1S/C11H18N2O.C2H2O4/c1-13(2)8-7-12-9-10-5-3-4-6-11(10)14;3-1(4)2(5)6/h3-6,12,14H,7-9H2,1-2H3;(H,3,4)(H,5,6). The third kappa shape index (κ3) is 8.90. The van der Waals surface area contributed by atoms with Crippen molar-refractivity contribution in [3.05, 3.63) is 29.8 Å². The first-order valence-corrected chi connectivity index (χ1v) is 5.93. The molecule has 0 aliphatic heterocycles. The van der Waals surface area contributed by atoms with Gasteiger partial charge < -0.3 is 25.5 Å². The SMILES string of the molecule is CN(C)CCNCc1ccccc1O.O=C(O)C(=O)O. The van der Waals surface area contributed by atoms with Gasteiger partial charge in [0.2, 0.25) is 0 Å². The average Bonchev–Trinajstić information content (AvgIpc) is 2.37. The fourth-order valence-electron chi connectivity index (χ4n) is 1.19. The van der Waals surface area contributed by atoms with Gasteiger partial charge in [-0.25, -0.2) is 9.59 Å². The van der Waals surface area contributed by atoms with Crippen molar-refractivity contribution in [1.82, 2.24) is 10.2 Å². The number of carboxylic acids is 2. The first-order chi connectivity index (χ1) is 9.34. The average molecular weight is 284 g/mol. The van der Waals surface area contributed by atoms with Gasteiger partial charge in [-0.05, 0) is 20.2 Å². The zero-order valence-corrected chi connectivity index (χ0v) is 11.5. The van der Waals surface area contributed by atoms with Crippen molar-refractivity contribution in [2.24, 2.45) is 0 Å². The molecular formula is C13H20N2O5. The quantitative estimate of drug-likeness (QED) is 0.451. The monoisotopic (exact) mass is 284 g/mol. The number of aromatic hydroxyl groups is 1. The van der Waals surface area contributed by atoms with Crippen molar-refractivity contribution in [1.29, 1.82) is 0 Å². The molecule has 0 saturated carbocycles. The van der Waals surface area contributed by atoms with Gasteiger partial charge in [0.15, 0.2) is 0 Å². The van der Waals surface area contributed by atoms with Gasteiger partial charge in [0.1, 0.15) is 5.75 Å². The maximum atomic E-state index is 9.47. The Morgan fingerprint density at radius 2 is 1.70 bits per heavy atom. The van der Waals surface area contributed by atoms with Gasteiger partial charge in [-0.15, -0.1) is 0 Å². The van der Waals surface area contributed by atoms with Crippen LogP contribution in [0.2, 0.25) is 0 Å². The van der Waals surface area contributed by atoms with Crippen molar-refractivity contribution in [3.8, 4) is 5.75 Å². The highest BCUT2D eigenvalue weighted by atomic mass is 16.4. The molecule has 0 saturated heterocycles. The lowest BCUT2D eigenvalue weighted by Gasteiger charge is -2.10. The fourth-order valence-corrected chi connectivity index (χ4v) is 1.19. The van der Waals surface area contributed by atoms with Crippen LogP contribution in [0, 0.1) is 0 Å². The minimum absolute atomic E-state index is 0.366. The summed E-state index contributed by atoms with van der Waals surface area (Å²) in [6, 6.07) is 7.41. The Morgan fingerprint density at radius 1 is 1.15 bits per heavy atom. The molecule has 1 rings (SSSR count). The summed E-state index contributed by atoms with van der Waals surface area (Å²) in [4.78, 5) is 20.3. The Morgan fingerprint density at radius 3 is 2.15 bits per heavy atom. The van der Waals surface area contributed by atoms with Gasteiger partial charge in [0.05, 0.1) is 0 Å². The first-order valence-electron chi connectivity index (χ1n) is 5.93. The minimum Gasteiger partial charge on any atom is -0.508 e. The number of phenolic OH excluding ortho intramolecular Hbond substituents is 1. The van der Waals surface area contributed by atoms with E-state index >= 15 is 0 Å². The van der Waals surface area contributed by atoms with Crippen LogP contribution in [0.1, 0.15) is 5.56 Å². The molecule has 0 heterocycles. The second-order valence-corrected chi connectivity index (χ2v) is 4.22. The fraction of sp³-hybridized carbons (Fsp3) is 0.385. The molecule has 1 aromatic carbocycles. The van der Waals surface area contributed by atoms with Gasteiger partial charge >= 0.3 is 11.9 Å². The van der Waals surface area contributed by atoms with E-state index in [2.05, 4.69) is 10.2 Å². The van der Waals surface area contributed by atoms with Crippen LogP contribution in [0.15, 0.2) is 24.3 Å². The van der Waals surface area contributed by atoms with E-state index in [1.54, 1.807) is 6.07 Å². The Bertz CT molecular complexity index is 423. The third-order valence-electron chi connectivity index (χ3n) is 2.23. The van der Waals surface area contributed by atoms with E-state index < -0.39 is 11.9 Å². The van der Waals surface area contributed by atoms with Crippen molar-refractivity contribution in [2.75, 3.05) is 27.2 Å². The molecule has 0 bridgehead atoms. The number of hydrogen-bond donors (Lipinski definition) is 4. The van der Waals surface area contributed by atoms with Crippen LogP contribution in [0.3, 0.4) is 0 Å². The summed E-state index contributed by atoms with van der Waals surface area (Å²) < 4.78 is 0. The molecule has 112 valence electrons. The Balaban J connectivity index is 0.000000511. The van der Waals surface area contributed by atoms with Crippen LogP contribution in [-0.2, 0) is 16.1 Å². The maximum Gasteiger partial charge on any atom is 0.414 e. The number of carbonyl (C=O) groups is 2. The van der Waals surface area contributed by atoms with Crippen LogP contribution >= 0.6 is 0 Å². The Labute approximate surface area is 117 Å². The number of nitrogens with zero attached hydrogens (tertiary/aromatic N) is 1. The number of carboxylic acid groups (broad SMARTS) is 2. The van der Waals surface area contributed by atoms with Gasteiger partial charge in [-0.2, -0.15) is 0 Å². The van der Waals surface area contributed by atoms with Crippen molar-refractivity contribution < 1.29 is 24.9 Å². The lowest BCUT2D eigenvalue weighted by molar-refractivity contribution is -0.159. The highest BCUT2D eigenvalue weighted by Gasteiger charge is 2.04. The molecule has 0 aliphatic rings. The van der Waals surface area contributed by atoms with E-state index in [1.807, 2.05) is 32.3 Å². The molecule has 0 atom stereocenters. The highest BCUT2D eigenvalue weighted by Crippen LogP contribution is 2.14. The lowest BCUT2D eigenvalue weighted by Crippen LogP contribution is -2.26. The summed E-state index contributed by atoms with van der Waals surface area (Å²) in [5.41, 5.74) is 0.950. The molecule has 20 heavy (non-hydrogen) atoms. The molecule has 7 heteroatoms. The van der Waals surface area contributed by atoms with E-state index in [1.165, 1.54) is 0 Å². The molecule has 1 aromatic rings. The molecule has 7 nitrogen and oxygen atoms in total. The summed E-state index contributed by atoms with van der Waals surface area (Å²) in [5.74, 6) is -3.28. The smallest absolute Gasteiger partial charge is 0.414 e. The number of hydrogen-bond acceptors (Lipinski definition) is 5. The van der Waals surface area contributed by atoms with Gasteiger partial charge in [0, 0.05) is 25.2 Å². The molecule has 0 unspecified atom stereocenters. The van der Waals surface area contributed by atoms with Crippen LogP contribution in [0.5, 0.6) is 5.75 Å². The summed E-state index contributed by atoms with van der Waals surface area (Å²) >= 11 is 0. The number of benzene rings is 1. The Kier molecular flexibility index (Phi) is 8.73. The molecule has 0 amide bonds. The molecule has 0 radical (unpaired) electrons. The number of nitrogens with one attached hydrogen (secondary N) is 1. The second-order valence-electron chi connectivity index (χ2n) is 4.22. The molecule has 0 fully saturated rings. The normalized spacial score (nSPS) is 9.75. The van der Waals surface area contributed by atoms with Crippen LogP contribution in [-0.4, -0.2) is 59.3 Å². The molecular weight excluding hydrogens is 264 g/mol. The first kappa shape index (κ1) is 17.9. The predicted octanol–water partition coefficient (Wildman–Crippen LogP) is 0.199. The third-order valence-corrected chi connectivity index (χ3v) is 2.23. The number of likely N-dealkylation sites (N-methyl/N-ethyl adjacent to an activating group) is 1. The summed E-state index contributed by atoms with van der Waals surface area (Å²) in [6.07, 6.45) is 0. The van der Waals surface area contributed by atoms with Crippen molar-refractivity contribution in [2.45, 2.75) is 6.54 Å². The zero-order valence-electron chi connectivity index (χ0n) is 11.5. The van der Waals surface area contributed by atoms with E-state index in [0.29, 0.717) is 5.75 Å². The second kappa shape index (κ2) is 9.76. The maximum absolute atomic E-state index is 9.47. The van der Waals surface area contributed by atoms with Gasteiger partial charge in [-0.1, -0.05) is 18.2 Å². The van der Waals surface area contributed by atoms with E-state index in [9.17, 15) is 5.11 Å². The van der Waals surface area contributed by atoms with E-state index in [4.69, 9.17) is 19.8 Å². The summed E-state index contributed by atoms with van der Waals surface area (Å²) in [6.45, 7) is 2.66.